The maximum Gasteiger partial charge on any atom is 0.252 e. The van der Waals surface area contributed by atoms with Crippen LogP contribution >= 0.6 is 11.6 Å². The number of rotatable bonds is 9. The Morgan fingerprint density at radius 1 is 0.950 bits per heavy atom. The van der Waals surface area contributed by atoms with Gasteiger partial charge in [0, 0.05) is 53.7 Å². The molecule has 7 nitrogen and oxygen atoms in total. The van der Waals surface area contributed by atoms with Crippen LogP contribution in [0.3, 0.4) is 0 Å². The molecule has 0 radical (unpaired) electrons. The number of nitrogens with zero attached hydrogens (tertiary/aromatic N) is 3. The van der Waals surface area contributed by atoms with E-state index < -0.39 is 6.04 Å². The number of methoxy groups -OCH3 is 1. The van der Waals surface area contributed by atoms with Gasteiger partial charge in [-0.1, -0.05) is 48.0 Å². The zero-order chi connectivity index (χ0) is 28.4. The summed E-state index contributed by atoms with van der Waals surface area (Å²) in [5.41, 5.74) is 3.57. The van der Waals surface area contributed by atoms with Gasteiger partial charge in [-0.2, -0.15) is 5.10 Å². The Labute approximate surface area is 236 Å². The van der Waals surface area contributed by atoms with Crippen molar-refractivity contribution < 1.29 is 14.3 Å². The van der Waals surface area contributed by atoms with E-state index >= 15 is 0 Å². The second-order valence-electron chi connectivity index (χ2n) is 9.79. The third-order valence-corrected chi connectivity index (χ3v) is 7.19. The number of carbonyl (C=O) groups excluding carboxylic acids is 2. The highest BCUT2D eigenvalue weighted by Crippen LogP contribution is 2.34. The predicted octanol–water partition coefficient (Wildman–Crippen LogP) is 5.86. The number of carbonyl (C=O) groups is 2. The van der Waals surface area contributed by atoms with Crippen LogP contribution in [0, 0.1) is 0 Å². The van der Waals surface area contributed by atoms with Crippen molar-refractivity contribution >= 4 is 34.1 Å². The lowest BCUT2D eigenvalue weighted by atomic mass is 9.95. The molecular weight excluding hydrogens is 526 g/mol. The molecule has 0 saturated carbocycles. The summed E-state index contributed by atoms with van der Waals surface area (Å²) in [7, 11) is 3.34. The summed E-state index contributed by atoms with van der Waals surface area (Å²) in [6.07, 6.45) is 3.93. The van der Waals surface area contributed by atoms with Gasteiger partial charge in [0.2, 0.25) is 0 Å². The van der Waals surface area contributed by atoms with Gasteiger partial charge >= 0.3 is 0 Å². The number of Topliss-reactive ketones (excluding diaryl/α,β-unsaturated/α-hetero) is 2. The van der Waals surface area contributed by atoms with E-state index in [1.54, 1.807) is 29.1 Å². The third kappa shape index (κ3) is 5.60. The number of ketones is 2. The van der Waals surface area contributed by atoms with E-state index in [2.05, 4.69) is 5.10 Å². The molecule has 0 fully saturated rings. The monoisotopic (exact) mass is 553 g/mol. The standard InChI is InChI=1S/C32H28ClN3O4/c1-20(37)25-11-10-24(33)16-26(25)27-17-32(39)36(19-31(27)40-3)29(14-21-7-5-4-6-8-21)30(38)15-22-9-12-28-23(13-22)18-35(2)34-28/h4-13,16-19,29H,14-15H2,1-3H3/t29-/m1/s1. The van der Waals surface area contributed by atoms with E-state index in [9.17, 15) is 14.4 Å². The largest absolute Gasteiger partial charge is 0.495 e. The van der Waals surface area contributed by atoms with E-state index in [-0.39, 0.29) is 23.5 Å². The second-order valence-corrected chi connectivity index (χ2v) is 10.2. The molecular formula is C32H28ClN3O4. The lowest BCUT2D eigenvalue weighted by Gasteiger charge is -2.21. The fourth-order valence-electron chi connectivity index (χ4n) is 5.02. The molecule has 3 aromatic carbocycles. The zero-order valence-electron chi connectivity index (χ0n) is 22.4. The molecule has 202 valence electrons. The van der Waals surface area contributed by atoms with Gasteiger partial charge in [-0.25, -0.2) is 0 Å². The minimum absolute atomic E-state index is 0.115. The van der Waals surface area contributed by atoms with Gasteiger partial charge < -0.3 is 9.30 Å². The highest BCUT2D eigenvalue weighted by atomic mass is 35.5. The Morgan fingerprint density at radius 3 is 2.45 bits per heavy atom. The van der Waals surface area contributed by atoms with Crippen LogP contribution in [-0.4, -0.2) is 33.0 Å². The van der Waals surface area contributed by atoms with E-state index in [4.69, 9.17) is 16.3 Å². The molecule has 0 saturated heterocycles. The van der Waals surface area contributed by atoms with Crippen LogP contribution in [0.1, 0.15) is 34.5 Å². The average molecular weight is 554 g/mol. The quantitative estimate of drug-likeness (QED) is 0.213. The Bertz CT molecular complexity index is 1790. The minimum atomic E-state index is -0.783. The molecule has 0 aliphatic rings. The molecule has 0 N–H and O–H groups in total. The van der Waals surface area contributed by atoms with Crippen LogP contribution in [-0.2, 0) is 24.7 Å². The van der Waals surface area contributed by atoms with Gasteiger partial charge in [-0.15, -0.1) is 0 Å². The van der Waals surface area contributed by atoms with Gasteiger partial charge in [0.25, 0.3) is 5.56 Å². The molecule has 0 bridgehead atoms. The van der Waals surface area contributed by atoms with Gasteiger partial charge in [-0.3, -0.25) is 19.1 Å². The molecule has 0 unspecified atom stereocenters. The molecule has 0 aliphatic heterocycles. The van der Waals surface area contributed by atoms with Gasteiger partial charge in [0.05, 0.1) is 24.9 Å². The topological polar surface area (TPSA) is 83.2 Å². The van der Waals surface area contributed by atoms with Crippen LogP contribution in [0.15, 0.2) is 90.0 Å². The van der Waals surface area contributed by atoms with Crippen LogP contribution in [0.4, 0.5) is 0 Å². The van der Waals surface area contributed by atoms with Crippen LogP contribution in [0.25, 0.3) is 22.0 Å². The summed E-state index contributed by atoms with van der Waals surface area (Å²) in [5.74, 6) is 0.0730. The molecule has 2 aromatic heterocycles. The summed E-state index contributed by atoms with van der Waals surface area (Å²) in [6.45, 7) is 1.46. The van der Waals surface area contributed by atoms with E-state index in [1.165, 1.54) is 24.7 Å². The molecule has 5 rings (SSSR count). The van der Waals surface area contributed by atoms with Crippen molar-refractivity contribution in [1.29, 1.82) is 0 Å². The second kappa shape index (κ2) is 11.3. The summed E-state index contributed by atoms with van der Waals surface area (Å²) in [6, 6.07) is 20.9. The number of aromatic nitrogens is 3. The first-order valence-electron chi connectivity index (χ1n) is 12.8. The number of hydrogen-bond acceptors (Lipinski definition) is 5. The van der Waals surface area contributed by atoms with Crippen molar-refractivity contribution in [3.8, 4) is 16.9 Å². The van der Waals surface area contributed by atoms with Crippen LogP contribution < -0.4 is 10.3 Å². The number of halogens is 1. The van der Waals surface area contributed by atoms with E-state index in [1.807, 2.05) is 61.8 Å². The Morgan fingerprint density at radius 2 is 1.73 bits per heavy atom. The van der Waals surface area contributed by atoms with Crippen LogP contribution in [0.2, 0.25) is 5.02 Å². The molecule has 1 atom stereocenters. The average Bonchev–Trinajstić information content (AvgIpc) is 3.31. The van der Waals surface area contributed by atoms with Crippen molar-refractivity contribution in [2.45, 2.75) is 25.8 Å². The molecule has 0 aliphatic carbocycles. The predicted molar refractivity (Wildman–Crippen MR) is 156 cm³/mol. The lowest BCUT2D eigenvalue weighted by molar-refractivity contribution is -0.121. The van der Waals surface area contributed by atoms with Crippen molar-refractivity contribution in [3.05, 3.63) is 117 Å². The third-order valence-electron chi connectivity index (χ3n) is 6.96. The van der Waals surface area contributed by atoms with Gasteiger partial charge in [0.15, 0.2) is 11.6 Å². The number of fused-ring (bicyclic) bond motifs is 1. The maximum atomic E-state index is 13.9. The minimum Gasteiger partial charge on any atom is -0.495 e. The summed E-state index contributed by atoms with van der Waals surface area (Å²) < 4.78 is 8.85. The molecule has 5 aromatic rings. The summed E-state index contributed by atoms with van der Waals surface area (Å²) in [4.78, 5) is 39.9. The normalized spacial score (nSPS) is 11.9. The highest BCUT2D eigenvalue weighted by Gasteiger charge is 2.25. The van der Waals surface area contributed by atoms with Crippen molar-refractivity contribution in [2.75, 3.05) is 7.11 Å². The van der Waals surface area contributed by atoms with Crippen LogP contribution in [0.5, 0.6) is 5.75 Å². The molecule has 0 spiro atoms. The number of ether oxygens (including phenoxy) is 1. The van der Waals surface area contributed by atoms with Crippen molar-refractivity contribution in [2.24, 2.45) is 7.05 Å². The number of aryl methyl sites for hydroxylation is 1. The smallest absolute Gasteiger partial charge is 0.252 e. The molecule has 8 heteroatoms. The fourth-order valence-corrected chi connectivity index (χ4v) is 5.20. The van der Waals surface area contributed by atoms with Crippen molar-refractivity contribution in [1.82, 2.24) is 14.3 Å². The summed E-state index contributed by atoms with van der Waals surface area (Å²) in [5, 5.41) is 5.77. The SMILES string of the molecule is COc1cn([C@H](Cc2ccccc2)C(=O)Cc2ccc3nn(C)cc3c2)c(=O)cc1-c1cc(Cl)ccc1C(C)=O. The maximum absolute atomic E-state index is 13.9. The Kier molecular flexibility index (Phi) is 7.67. The number of benzene rings is 3. The Balaban J connectivity index is 1.58. The molecule has 2 heterocycles. The first-order valence-corrected chi connectivity index (χ1v) is 13.2. The highest BCUT2D eigenvalue weighted by molar-refractivity contribution is 6.31. The number of hydrogen-bond donors (Lipinski definition) is 0. The van der Waals surface area contributed by atoms with Gasteiger partial charge in [0.1, 0.15) is 5.75 Å². The van der Waals surface area contributed by atoms with E-state index in [0.717, 1.165) is 22.0 Å². The number of pyridine rings is 1. The first-order chi connectivity index (χ1) is 19.2. The summed E-state index contributed by atoms with van der Waals surface area (Å²) >= 11 is 6.25. The fraction of sp³-hybridized carbons (Fsp3) is 0.188. The zero-order valence-corrected chi connectivity index (χ0v) is 23.2. The first kappa shape index (κ1) is 27.1. The Hall–Kier alpha value is -4.49. The lowest BCUT2D eigenvalue weighted by Crippen LogP contribution is -2.32. The van der Waals surface area contributed by atoms with Crippen molar-refractivity contribution in [3.63, 3.8) is 0 Å². The van der Waals surface area contributed by atoms with Gasteiger partial charge in [-0.05, 0) is 53.9 Å². The molecule has 40 heavy (non-hydrogen) atoms. The van der Waals surface area contributed by atoms with E-state index in [0.29, 0.717) is 33.9 Å². The molecule has 0 amide bonds.